The Kier molecular flexibility index (Phi) is 3.55. The molecule has 3 nitrogen and oxygen atoms in total. The number of nitrogens with zero attached hydrogens (tertiary/aromatic N) is 1. The van der Waals surface area contributed by atoms with Gasteiger partial charge in [0.15, 0.2) is 0 Å². The Bertz CT molecular complexity index is 107. The molecule has 0 aliphatic rings. The number of nitrogens with two attached hydrogens (primary N) is 2. The van der Waals surface area contributed by atoms with Gasteiger partial charge in [0.25, 0.3) is 0 Å². The van der Waals surface area contributed by atoms with Crippen LogP contribution in [-0.2, 0) is 0 Å². The quantitative estimate of drug-likeness (QED) is 0.531. The van der Waals surface area contributed by atoms with Crippen molar-refractivity contribution in [2.24, 2.45) is 11.5 Å². The van der Waals surface area contributed by atoms with Crippen LogP contribution in [0.2, 0.25) is 0 Å². The zero-order valence-corrected chi connectivity index (χ0v) is 5.62. The van der Waals surface area contributed by atoms with E-state index in [1.165, 1.54) is 6.20 Å². The Hall–Kier alpha value is -0.960. The maximum atomic E-state index is 5.48. The minimum absolute atomic E-state index is 0.0673. The molecule has 1 unspecified atom stereocenters. The molecule has 0 saturated heterocycles. The predicted octanol–water partition coefficient (Wildman–Crippen LogP) is 0.166. The summed E-state index contributed by atoms with van der Waals surface area (Å²) in [4.78, 5) is 1.71. The summed E-state index contributed by atoms with van der Waals surface area (Å²) in [6.07, 6.45) is 4.64. The average Bonchev–Trinajstić information content (AvgIpc) is 1.82. The van der Waals surface area contributed by atoms with Crippen LogP contribution in [0.25, 0.3) is 0 Å². The van der Waals surface area contributed by atoms with Crippen molar-refractivity contribution in [3.05, 3.63) is 25.2 Å². The molecule has 0 fully saturated rings. The van der Waals surface area contributed by atoms with Gasteiger partial charge in [0.2, 0.25) is 0 Å². The van der Waals surface area contributed by atoms with Crippen LogP contribution in [0, 0.1) is 0 Å². The standard InChI is InChI=1S/C6H13N3/c1-3-9(5-4-7)6(2)8/h3-6H,1,7-8H2,2H3/b5-4-. The first-order chi connectivity index (χ1) is 4.22. The normalized spacial score (nSPS) is 13.6. The Balaban J connectivity index is 3.82. The van der Waals surface area contributed by atoms with Crippen LogP contribution < -0.4 is 11.5 Å². The second kappa shape index (κ2) is 3.97. The van der Waals surface area contributed by atoms with Gasteiger partial charge in [0.05, 0.1) is 6.17 Å². The van der Waals surface area contributed by atoms with Crippen LogP contribution in [0.4, 0.5) is 0 Å². The fourth-order valence-electron chi connectivity index (χ4n) is 0.462. The molecular formula is C6H13N3. The van der Waals surface area contributed by atoms with Gasteiger partial charge in [-0.05, 0) is 13.1 Å². The van der Waals surface area contributed by atoms with Crippen molar-refractivity contribution in [2.45, 2.75) is 13.1 Å². The lowest BCUT2D eigenvalue weighted by Crippen LogP contribution is -2.31. The highest BCUT2D eigenvalue weighted by Crippen LogP contribution is 1.91. The summed E-state index contributed by atoms with van der Waals surface area (Å²) >= 11 is 0. The molecule has 1 atom stereocenters. The maximum absolute atomic E-state index is 5.48. The molecule has 3 heteroatoms. The maximum Gasteiger partial charge on any atom is 0.0780 e. The highest BCUT2D eigenvalue weighted by Gasteiger charge is 1.95. The third-order valence-corrected chi connectivity index (χ3v) is 0.939. The van der Waals surface area contributed by atoms with Gasteiger partial charge >= 0.3 is 0 Å². The molecule has 0 spiro atoms. The van der Waals surface area contributed by atoms with Gasteiger partial charge in [0.1, 0.15) is 0 Å². The Morgan fingerprint density at radius 1 is 1.67 bits per heavy atom. The Labute approximate surface area is 55.6 Å². The topological polar surface area (TPSA) is 55.3 Å². The summed E-state index contributed by atoms with van der Waals surface area (Å²) in [5, 5.41) is 0. The molecule has 0 aliphatic heterocycles. The molecule has 9 heavy (non-hydrogen) atoms. The largest absolute Gasteiger partial charge is 0.403 e. The zero-order valence-electron chi connectivity index (χ0n) is 5.62. The molecule has 52 valence electrons. The van der Waals surface area contributed by atoms with Crippen molar-refractivity contribution in [1.29, 1.82) is 0 Å². The van der Waals surface area contributed by atoms with Crippen molar-refractivity contribution in [1.82, 2.24) is 4.90 Å². The molecule has 0 radical (unpaired) electrons. The lowest BCUT2D eigenvalue weighted by atomic mass is 10.5. The van der Waals surface area contributed by atoms with Crippen molar-refractivity contribution in [2.75, 3.05) is 0 Å². The molecule has 0 aromatic carbocycles. The van der Waals surface area contributed by atoms with Crippen molar-refractivity contribution in [3.63, 3.8) is 0 Å². The highest BCUT2D eigenvalue weighted by molar-refractivity contribution is 4.86. The Morgan fingerprint density at radius 3 is 2.33 bits per heavy atom. The second-order valence-electron chi connectivity index (χ2n) is 1.71. The van der Waals surface area contributed by atoms with E-state index in [-0.39, 0.29) is 6.17 Å². The minimum atomic E-state index is -0.0673. The summed E-state index contributed by atoms with van der Waals surface area (Å²) in [5.41, 5.74) is 10.6. The first kappa shape index (κ1) is 8.04. The lowest BCUT2D eigenvalue weighted by molar-refractivity contribution is 0.401. The van der Waals surface area contributed by atoms with Crippen LogP contribution in [-0.4, -0.2) is 11.1 Å². The molecule has 0 heterocycles. The van der Waals surface area contributed by atoms with Gasteiger partial charge in [-0.1, -0.05) is 6.58 Å². The van der Waals surface area contributed by atoms with Crippen LogP contribution in [0.5, 0.6) is 0 Å². The molecule has 0 rings (SSSR count). The van der Waals surface area contributed by atoms with E-state index in [4.69, 9.17) is 11.5 Å². The van der Waals surface area contributed by atoms with Gasteiger partial charge in [0, 0.05) is 12.4 Å². The molecule has 0 saturated carbocycles. The Morgan fingerprint density at radius 2 is 2.22 bits per heavy atom. The molecule has 0 aliphatic carbocycles. The van der Waals surface area contributed by atoms with E-state index in [2.05, 4.69) is 6.58 Å². The summed E-state index contributed by atoms with van der Waals surface area (Å²) in [6.45, 7) is 5.39. The monoisotopic (exact) mass is 127 g/mol. The number of hydrogen-bond donors (Lipinski definition) is 2. The second-order valence-corrected chi connectivity index (χ2v) is 1.71. The van der Waals surface area contributed by atoms with E-state index >= 15 is 0 Å². The van der Waals surface area contributed by atoms with E-state index in [0.29, 0.717) is 0 Å². The molecule has 4 N–H and O–H groups in total. The van der Waals surface area contributed by atoms with E-state index in [1.54, 1.807) is 17.3 Å². The summed E-state index contributed by atoms with van der Waals surface area (Å²) in [6, 6.07) is 0. The molecular weight excluding hydrogens is 114 g/mol. The predicted molar refractivity (Wildman–Crippen MR) is 39.0 cm³/mol. The van der Waals surface area contributed by atoms with Gasteiger partial charge < -0.3 is 16.4 Å². The first-order valence-corrected chi connectivity index (χ1v) is 2.76. The van der Waals surface area contributed by atoms with Crippen LogP contribution in [0.3, 0.4) is 0 Å². The van der Waals surface area contributed by atoms with Crippen molar-refractivity contribution < 1.29 is 0 Å². The third kappa shape index (κ3) is 2.77. The van der Waals surface area contributed by atoms with Crippen LogP contribution in [0.15, 0.2) is 25.2 Å². The fraction of sp³-hybridized carbons (Fsp3) is 0.333. The molecule has 0 bridgehead atoms. The van der Waals surface area contributed by atoms with E-state index in [1.807, 2.05) is 6.92 Å². The van der Waals surface area contributed by atoms with E-state index in [9.17, 15) is 0 Å². The highest BCUT2D eigenvalue weighted by atomic mass is 15.2. The lowest BCUT2D eigenvalue weighted by Gasteiger charge is -2.18. The average molecular weight is 127 g/mol. The van der Waals surface area contributed by atoms with Crippen LogP contribution in [0.1, 0.15) is 6.92 Å². The van der Waals surface area contributed by atoms with Gasteiger partial charge in [-0.3, -0.25) is 0 Å². The summed E-state index contributed by atoms with van der Waals surface area (Å²) in [5.74, 6) is 0. The minimum Gasteiger partial charge on any atom is -0.403 e. The summed E-state index contributed by atoms with van der Waals surface area (Å²) in [7, 11) is 0. The van der Waals surface area contributed by atoms with Crippen molar-refractivity contribution >= 4 is 0 Å². The summed E-state index contributed by atoms with van der Waals surface area (Å²) < 4.78 is 0. The van der Waals surface area contributed by atoms with E-state index in [0.717, 1.165) is 0 Å². The molecule has 0 amide bonds. The van der Waals surface area contributed by atoms with E-state index < -0.39 is 0 Å². The van der Waals surface area contributed by atoms with Gasteiger partial charge in [-0.2, -0.15) is 0 Å². The number of rotatable bonds is 3. The van der Waals surface area contributed by atoms with Gasteiger partial charge in [-0.15, -0.1) is 0 Å². The first-order valence-electron chi connectivity index (χ1n) is 2.76. The molecule has 0 aromatic rings. The molecule has 0 aromatic heterocycles. The fourth-order valence-corrected chi connectivity index (χ4v) is 0.462. The smallest absolute Gasteiger partial charge is 0.0780 e. The van der Waals surface area contributed by atoms with Crippen LogP contribution >= 0.6 is 0 Å². The third-order valence-electron chi connectivity index (χ3n) is 0.939. The zero-order chi connectivity index (χ0) is 7.28. The number of hydrogen-bond acceptors (Lipinski definition) is 3. The van der Waals surface area contributed by atoms with Gasteiger partial charge in [-0.25, -0.2) is 0 Å². The SMILES string of the molecule is C=CN(/C=C\N)C(C)N. The van der Waals surface area contributed by atoms with Crippen molar-refractivity contribution in [3.8, 4) is 0 Å².